The Morgan fingerprint density at radius 3 is 1.50 bits per heavy atom. The highest BCUT2D eigenvalue weighted by Crippen LogP contribution is 2.23. The second kappa shape index (κ2) is 4.51. The number of benzene rings is 1. The van der Waals surface area contributed by atoms with Crippen molar-refractivity contribution in [2.45, 2.75) is 13.8 Å². The third kappa shape index (κ3) is 2.16. The van der Waals surface area contributed by atoms with Crippen LogP contribution >= 0.6 is 0 Å². The fraction of sp³-hybridized carbons (Fsp3) is 0.167. The Morgan fingerprint density at radius 2 is 1.21 bits per heavy atom. The average Bonchev–Trinajstić information content (AvgIpc) is 2.14. The molecule has 0 unspecified atom stereocenters. The summed E-state index contributed by atoms with van der Waals surface area (Å²) >= 11 is 0. The Hall–Kier alpha value is -1.70. The average molecular weight is 188 g/mol. The van der Waals surface area contributed by atoms with E-state index in [9.17, 15) is 0 Å². The minimum Gasteiger partial charge on any atom is -0.398 e. The Labute approximate surface area is 84.9 Å². The van der Waals surface area contributed by atoms with Gasteiger partial charge in [-0.3, -0.25) is 0 Å². The van der Waals surface area contributed by atoms with Crippen LogP contribution in [0, 0.1) is 0 Å². The maximum absolute atomic E-state index is 5.87. The molecule has 0 spiro atoms. The van der Waals surface area contributed by atoms with E-state index in [1.54, 1.807) is 0 Å². The summed E-state index contributed by atoms with van der Waals surface area (Å²) in [7, 11) is 0. The van der Waals surface area contributed by atoms with Gasteiger partial charge in [-0.15, -0.1) is 0 Å². The van der Waals surface area contributed by atoms with Crippen molar-refractivity contribution in [3.63, 3.8) is 0 Å². The molecule has 2 heteroatoms. The number of anilines is 2. The second-order valence-electron chi connectivity index (χ2n) is 3.11. The van der Waals surface area contributed by atoms with E-state index in [1.807, 2.05) is 50.3 Å². The van der Waals surface area contributed by atoms with Crippen LogP contribution in [-0.2, 0) is 0 Å². The third-order valence-electron chi connectivity index (χ3n) is 1.98. The lowest BCUT2D eigenvalue weighted by Gasteiger charge is -2.06. The molecular weight excluding hydrogens is 172 g/mol. The number of nitrogens with two attached hydrogens (primary N) is 2. The molecular formula is C12H16N2. The lowest BCUT2D eigenvalue weighted by molar-refractivity contribution is 1.58. The molecule has 0 amide bonds. The van der Waals surface area contributed by atoms with Gasteiger partial charge in [-0.2, -0.15) is 0 Å². The molecule has 0 aliphatic carbocycles. The highest BCUT2D eigenvalue weighted by molar-refractivity contribution is 5.76. The van der Waals surface area contributed by atoms with E-state index in [-0.39, 0.29) is 0 Å². The SMILES string of the molecule is CC=Cc1cc(N)c(C=CC)cc1N. The predicted octanol–water partition coefficient (Wildman–Crippen LogP) is 2.92. The van der Waals surface area contributed by atoms with Crippen LogP contribution < -0.4 is 11.5 Å². The van der Waals surface area contributed by atoms with E-state index in [0.29, 0.717) is 0 Å². The van der Waals surface area contributed by atoms with Gasteiger partial charge in [0.1, 0.15) is 0 Å². The number of allylic oxidation sites excluding steroid dienone is 2. The standard InChI is InChI=1S/C12H16N2/c1-3-5-9-7-12(14)10(6-4-2)8-11(9)13/h3-8H,13-14H2,1-2H3. The smallest absolute Gasteiger partial charge is 0.0395 e. The zero-order valence-electron chi connectivity index (χ0n) is 8.62. The quantitative estimate of drug-likeness (QED) is 0.701. The number of nitrogen functional groups attached to an aromatic ring is 2. The van der Waals surface area contributed by atoms with E-state index < -0.39 is 0 Å². The van der Waals surface area contributed by atoms with E-state index in [1.165, 1.54) is 0 Å². The van der Waals surface area contributed by atoms with Crippen LogP contribution in [0.5, 0.6) is 0 Å². The van der Waals surface area contributed by atoms with Crippen LogP contribution in [0.15, 0.2) is 24.3 Å². The van der Waals surface area contributed by atoms with Gasteiger partial charge in [-0.05, 0) is 37.1 Å². The Kier molecular flexibility index (Phi) is 3.35. The summed E-state index contributed by atoms with van der Waals surface area (Å²) in [6.45, 7) is 3.91. The van der Waals surface area contributed by atoms with Crippen LogP contribution in [0.4, 0.5) is 11.4 Å². The Morgan fingerprint density at radius 1 is 0.857 bits per heavy atom. The molecule has 1 aromatic carbocycles. The van der Waals surface area contributed by atoms with Gasteiger partial charge in [0.05, 0.1) is 0 Å². The molecule has 0 heterocycles. The summed E-state index contributed by atoms with van der Waals surface area (Å²) in [5.41, 5.74) is 15.2. The maximum Gasteiger partial charge on any atom is 0.0395 e. The molecule has 1 rings (SSSR count). The Bertz CT molecular complexity index is 338. The first-order valence-corrected chi connectivity index (χ1v) is 4.63. The van der Waals surface area contributed by atoms with Crippen molar-refractivity contribution in [1.82, 2.24) is 0 Å². The lowest BCUT2D eigenvalue weighted by atomic mass is 10.1. The van der Waals surface area contributed by atoms with Gasteiger partial charge in [-0.25, -0.2) is 0 Å². The van der Waals surface area contributed by atoms with Crippen molar-refractivity contribution in [3.05, 3.63) is 35.4 Å². The zero-order valence-corrected chi connectivity index (χ0v) is 8.62. The van der Waals surface area contributed by atoms with Gasteiger partial charge in [0.15, 0.2) is 0 Å². The number of hydrogen-bond donors (Lipinski definition) is 2. The highest BCUT2D eigenvalue weighted by atomic mass is 14.6. The topological polar surface area (TPSA) is 52.0 Å². The minimum absolute atomic E-state index is 0.755. The van der Waals surface area contributed by atoms with Gasteiger partial charge in [0.25, 0.3) is 0 Å². The molecule has 0 aliphatic rings. The molecule has 0 aliphatic heterocycles. The minimum atomic E-state index is 0.755. The van der Waals surface area contributed by atoms with Gasteiger partial charge in [0.2, 0.25) is 0 Å². The Balaban J connectivity index is 3.23. The molecule has 4 N–H and O–H groups in total. The van der Waals surface area contributed by atoms with Gasteiger partial charge in [0, 0.05) is 11.4 Å². The summed E-state index contributed by atoms with van der Waals surface area (Å²) in [5.74, 6) is 0. The van der Waals surface area contributed by atoms with Crippen molar-refractivity contribution in [2.75, 3.05) is 11.5 Å². The van der Waals surface area contributed by atoms with Gasteiger partial charge < -0.3 is 11.5 Å². The number of hydrogen-bond acceptors (Lipinski definition) is 2. The van der Waals surface area contributed by atoms with E-state index in [4.69, 9.17) is 11.5 Å². The molecule has 0 fully saturated rings. The van der Waals surface area contributed by atoms with Gasteiger partial charge in [-0.1, -0.05) is 24.3 Å². The first-order valence-electron chi connectivity index (χ1n) is 4.63. The third-order valence-corrected chi connectivity index (χ3v) is 1.98. The lowest BCUT2D eigenvalue weighted by Crippen LogP contribution is -1.95. The molecule has 0 bridgehead atoms. The molecule has 0 radical (unpaired) electrons. The highest BCUT2D eigenvalue weighted by Gasteiger charge is 2.00. The molecule has 0 saturated carbocycles. The molecule has 74 valence electrons. The fourth-order valence-corrected chi connectivity index (χ4v) is 1.32. The van der Waals surface area contributed by atoms with Crippen LogP contribution in [-0.4, -0.2) is 0 Å². The second-order valence-corrected chi connectivity index (χ2v) is 3.11. The van der Waals surface area contributed by atoms with Crippen molar-refractivity contribution >= 4 is 23.5 Å². The summed E-state index contributed by atoms with van der Waals surface area (Å²) in [4.78, 5) is 0. The van der Waals surface area contributed by atoms with Crippen molar-refractivity contribution in [1.29, 1.82) is 0 Å². The summed E-state index contributed by atoms with van der Waals surface area (Å²) in [6.07, 6.45) is 7.79. The maximum atomic E-state index is 5.87. The molecule has 0 atom stereocenters. The molecule has 14 heavy (non-hydrogen) atoms. The first kappa shape index (κ1) is 10.4. The van der Waals surface area contributed by atoms with Crippen LogP contribution in [0.25, 0.3) is 12.2 Å². The van der Waals surface area contributed by atoms with Gasteiger partial charge >= 0.3 is 0 Å². The van der Waals surface area contributed by atoms with E-state index >= 15 is 0 Å². The van der Waals surface area contributed by atoms with Crippen molar-refractivity contribution in [3.8, 4) is 0 Å². The number of rotatable bonds is 2. The van der Waals surface area contributed by atoms with Crippen LogP contribution in [0.3, 0.4) is 0 Å². The zero-order chi connectivity index (χ0) is 10.6. The predicted molar refractivity (Wildman–Crippen MR) is 64.7 cm³/mol. The van der Waals surface area contributed by atoms with Crippen molar-refractivity contribution < 1.29 is 0 Å². The van der Waals surface area contributed by atoms with Crippen molar-refractivity contribution in [2.24, 2.45) is 0 Å². The van der Waals surface area contributed by atoms with Crippen LogP contribution in [0.2, 0.25) is 0 Å². The monoisotopic (exact) mass is 188 g/mol. The summed E-state index contributed by atoms with van der Waals surface area (Å²) < 4.78 is 0. The molecule has 0 saturated heterocycles. The van der Waals surface area contributed by atoms with E-state index in [0.717, 1.165) is 22.5 Å². The normalized spacial score (nSPS) is 11.6. The first-order chi connectivity index (χ1) is 6.69. The molecule has 2 nitrogen and oxygen atoms in total. The van der Waals surface area contributed by atoms with E-state index in [2.05, 4.69) is 0 Å². The summed E-state index contributed by atoms with van der Waals surface area (Å²) in [6, 6.07) is 3.79. The summed E-state index contributed by atoms with van der Waals surface area (Å²) in [5, 5.41) is 0. The largest absolute Gasteiger partial charge is 0.398 e. The fourth-order valence-electron chi connectivity index (χ4n) is 1.32. The van der Waals surface area contributed by atoms with Crippen LogP contribution in [0.1, 0.15) is 25.0 Å². The molecule has 1 aromatic rings. The molecule has 0 aromatic heterocycles.